The van der Waals surface area contributed by atoms with Crippen molar-refractivity contribution in [1.82, 2.24) is 10.2 Å². The van der Waals surface area contributed by atoms with Gasteiger partial charge in [0.2, 0.25) is 17.7 Å². The van der Waals surface area contributed by atoms with E-state index >= 15 is 0 Å². The number of carbonyl (C=O) groups excluding carboxylic acids is 3. The molecular formula is C11H18N2O3. The lowest BCUT2D eigenvalue weighted by Crippen LogP contribution is -2.33. The molecule has 0 aliphatic carbocycles. The van der Waals surface area contributed by atoms with E-state index in [4.69, 9.17) is 0 Å². The van der Waals surface area contributed by atoms with Crippen LogP contribution in [0.3, 0.4) is 0 Å². The van der Waals surface area contributed by atoms with Gasteiger partial charge in [-0.15, -0.1) is 0 Å². The zero-order valence-electron chi connectivity index (χ0n) is 9.78. The second-order valence-corrected chi connectivity index (χ2v) is 4.26. The third-order valence-electron chi connectivity index (χ3n) is 2.39. The molecule has 0 bridgehead atoms. The molecule has 16 heavy (non-hydrogen) atoms. The van der Waals surface area contributed by atoms with Gasteiger partial charge in [-0.3, -0.25) is 19.3 Å². The first-order chi connectivity index (χ1) is 7.50. The summed E-state index contributed by atoms with van der Waals surface area (Å²) in [6.07, 6.45) is 1.53. The lowest BCUT2D eigenvalue weighted by atomic mass is 10.2. The maximum atomic E-state index is 11.3. The molecule has 1 N–H and O–H groups in total. The molecule has 5 nitrogen and oxygen atoms in total. The molecule has 1 fully saturated rings. The Hall–Kier alpha value is -1.39. The van der Waals surface area contributed by atoms with E-state index in [0.717, 1.165) is 0 Å². The Morgan fingerprint density at radius 2 is 1.88 bits per heavy atom. The minimum atomic E-state index is -0.116. The van der Waals surface area contributed by atoms with Crippen molar-refractivity contribution in [3.05, 3.63) is 0 Å². The summed E-state index contributed by atoms with van der Waals surface area (Å²) in [5, 5.41) is 2.76. The molecule has 0 aromatic heterocycles. The maximum Gasteiger partial charge on any atom is 0.229 e. The van der Waals surface area contributed by atoms with E-state index in [1.54, 1.807) is 0 Å². The molecular weight excluding hydrogens is 208 g/mol. The van der Waals surface area contributed by atoms with Gasteiger partial charge in [-0.1, -0.05) is 0 Å². The zero-order valence-corrected chi connectivity index (χ0v) is 9.78. The van der Waals surface area contributed by atoms with Crippen molar-refractivity contribution >= 4 is 17.7 Å². The molecule has 1 saturated heterocycles. The molecule has 90 valence electrons. The molecule has 5 heteroatoms. The minimum absolute atomic E-state index is 0.0332. The molecule has 0 unspecified atom stereocenters. The van der Waals surface area contributed by atoms with Crippen LogP contribution in [0.4, 0.5) is 0 Å². The molecule has 1 aliphatic rings. The molecule has 0 aromatic carbocycles. The quantitative estimate of drug-likeness (QED) is 0.692. The standard InChI is InChI=1S/C11H18N2O3/c1-8(2)12-9(14)4-3-7-13-10(15)5-6-11(13)16/h8H,3-7H2,1-2H3,(H,12,14). The Bertz CT molecular complexity index is 284. The van der Waals surface area contributed by atoms with E-state index in [1.165, 1.54) is 4.90 Å². The zero-order chi connectivity index (χ0) is 12.1. The highest BCUT2D eigenvalue weighted by molar-refractivity contribution is 6.01. The Morgan fingerprint density at radius 3 is 2.38 bits per heavy atom. The van der Waals surface area contributed by atoms with Crippen LogP contribution in [0.15, 0.2) is 0 Å². The van der Waals surface area contributed by atoms with Crippen LogP contribution in [-0.4, -0.2) is 35.2 Å². The van der Waals surface area contributed by atoms with Gasteiger partial charge in [0, 0.05) is 31.8 Å². The smallest absolute Gasteiger partial charge is 0.229 e. The fraction of sp³-hybridized carbons (Fsp3) is 0.727. The van der Waals surface area contributed by atoms with Gasteiger partial charge in [0.25, 0.3) is 0 Å². The molecule has 3 amide bonds. The highest BCUT2D eigenvalue weighted by Crippen LogP contribution is 2.12. The summed E-state index contributed by atoms with van der Waals surface area (Å²) in [5.41, 5.74) is 0. The van der Waals surface area contributed by atoms with Gasteiger partial charge in [-0.05, 0) is 20.3 Å². The highest BCUT2D eigenvalue weighted by atomic mass is 16.2. The van der Waals surface area contributed by atoms with Gasteiger partial charge >= 0.3 is 0 Å². The highest BCUT2D eigenvalue weighted by Gasteiger charge is 2.28. The summed E-state index contributed by atoms with van der Waals surface area (Å²) in [4.78, 5) is 35.0. The van der Waals surface area contributed by atoms with Crippen molar-refractivity contribution in [2.24, 2.45) is 0 Å². The largest absolute Gasteiger partial charge is 0.354 e. The number of hydrogen-bond donors (Lipinski definition) is 1. The molecule has 0 atom stereocenters. The Labute approximate surface area is 95.2 Å². The first-order valence-electron chi connectivity index (χ1n) is 5.63. The number of amides is 3. The van der Waals surface area contributed by atoms with Gasteiger partial charge in [0.05, 0.1) is 0 Å². The number of hydrogen-bond acceptors (Lipinski definition) is 3. The lowest BCUT2D eigenvalue weighted by Gasteiger charge is -2.13. The summed E-state index contributed by atoms with van der Waals surface area (Å²) >= 11 is 0. The van der Waals surface area contributed by atoms with E-state index in [-0.39, 0.29) is 23.8 Å². The predicted octanol–water partition coefficient (Wildman–Crippen LogP) is 0.440. The SMILES string of the molecule is CC(C)NC(=O)CCCN1C(=O)CCC1=O. The van der Waals surface area contributed by atoms with Gasteiger partial charge in [0.1, 0.15) is 0 Å². The fourth-order valence-corrected chi connectivity index (χ4v) is 1.66. The van der Waals surface area contributed by atoms with Gasteiger partial charge in [-0.2, -0.15) is 0 Å². The molecule has 1 heterocycles. The number of nitrogens with zero attached hydrogens (tertiary/aromatic N) is 1. The third kappa shape index (κ3) is 3.64. The van der Waals surface area contributed by atoms with Crippen molar-refractivity contribution in [3.8, 4) is 0 Å². The van der Waals surface area contributed by atoms with Crippen molar-refractivity contribution in [2.75, 3.05) is 6.54 Å². The second-order valence-electron chi connectivity index (χ2n) is 4.26. The van der Waals surface area contributed by atoms with E-state index in [0.29, 0.717) is 32.2 Å². The molecule has 1 aliphatic heterocycles. The van der Waals surface area contributed by atoms with Gasteiger partial charge in [-0.25, -0.2) is 0 Å². The van der Waals surface area contributed by atoms with E-state index in [9.17, 15) is 14.4 Å². The second kappa shape index (κ2) is 5.63. The van der Waals surface area contributed by atoms with Crippen LogP contribution >= 0.6 is 0 Å². The van der Waals surface area contributed by atoms with Crippen LogP contribution in [-0.2, 0) is 14.4 Å². The average Bonchev–Trinajstić information content (AvgIpc) is 2.47. The lowest BCUT2D eigenvalue weighted by molar-refractivity contribution is -0.138. The summed E-state index contributed by atoms with van der Waals surface area (Å²) in [5.74, 6) is -0.266. The van der Waals surface area contributed by atoms with Crippen molar-refractivity contribution in [2.45, 2.75) is 45.6 Å². The van der Waals surface area contributed by atoms with Gasteiger partial charge < -0.3 is 5.32 Å². The molecule has 1 rings (SSSR count). The summed E-state index contributed by atoms with van der Waals surface area (Å²) < 4.78 is 0. The predicted molar refractivity (Wildman–Crippen MR) is 58.5 cm³/mol. The third-order valence-corrected chi connectivity index (χ3v) is 2.39. The molecule has 0 radical (unpaired) electrons. The fourth-order valence-electron chi connectivity index (χ4n) is 1.66. The van der Waals surface area contributed by atoms with Crippen molar-refractivity contribution in [3.63, 3.8) is 0 Å². The summed E-state index contributed by atoms with van der Waals surface area (Å²) in [7, 11) is 0. The number of nitrogens with one attached hydrogen (secondary N) is 1. The number of carbonyl (C=O) groups is 3. The normalized spacial score (nSPS) is 16.1. The minimum Gasteiger partial charge on any atom is -0.354 e. The molecule has 0 aromatic rings. The van der Waals surface area contributed by atoms with Crippen LogP contribution in [0.25, 0.3) is 0 Å². The van der Waals surface area contributed by atoms with Crippen LogP contribution in [0.2, 0.25) is 0 Å². The van der Waals surface area contributed by atoms with E-state index in [1.807, 2.05) is 13.8 Å². The maximum absolute atomic E-state index is 11.3. The van der Waals surface area contributed by atoms with Crippen LogP contribution < -0.4 is 5.32 Å². The average molecular weight is 226 g/mol. The molecule has 0 saturated carbocycles. The monoisotopic (exact) mass is 226 g/mol. The Kier molecular flexibility index (Phi) is 4.46. The van der Waals surface area contributed by atoms with Crippen molar-refractivity contribution < 1.29 is 14.4 Å². The Morgan fingerprint density at radius 1 is 1.31 bits per heavy atom. The summed E-state index contributed by atoms with van der Waals surface area (Å²) in [6, 6.07) is 0.127. The van der Waals surface area contributed by atoms with E-state index in [2.05, 4.69) is 5.32 Å². The van der Waals surface area contributed by atoms with Crippen LogP contribution in [0.1, 0.15) is 39.5 Å². The first-order valence-corrected chi connectivity index (χ1v) is 5.63. The Balaban J connectivity index is 2.22. The van der Waals surface area contributed by atoms with Crippen LogP contribution in [0, 0.1) is 0 Å². The van der Waals surface area contributed by atoms with Crippen molar-refractivity contribution in [1.29, 1.82) is 0 Å². The first kappa shape index (κ1) is 12.7. The number of imide groups is 1. The van der Waals surface area contributed by atoms with E-state index < -0.39 is 0 Å². The number of rotatable bonds is 5. The number of likely N-dealkylation sites (tertiary alicyclic amines) is 1. The summed E-state index contributed by atoms with van der Waals surface area (Å²) in [6.45, 7) is 4.15. The van der Waals surface area contributed by atoms with Crippen LogP contribution in [0.5, 0.6) is 0 Å². The van der Waals surface area contributed by atoms with Gasteiger partial charge in [0.15, 0.2) is 0 Å². The molecule has 0 spiro atoms. The topological polar surface area (TPSA) is 66.5 Å².